The van der Waals surface area contributed by atoms with Gasteiger partial charge in [-0.25, -0.2) is 9.97 Å². The summed E-state index contributed by atoms with van der Waals surface area (Å²) < 4.78 is 5.52. The molecule has 4 rings (SSSR count). The smallest absolute Gasteiger partial charge is 0.265 e. The zero-order valence-corrected chi connectivity index (χ0v) is 17.4. The molecular weight excluding hydrogens is 394 g/mol. The van der Waals surface area contributed by atoms with Crippen LogP contribution < -0.4 is 9.64 Å². The molecule has 1 saturated heterocycles. The van der Waals surface area contributed by atoms with E-state index in [0.717, 1.165) is 15.6 Å². The highest BCUT2D eigenvalue weighted by molar-refractivity contribution is 7.21. The third-order valence-corrected chi connectivity index (χ3v) is 6.43. The Kier molecular flexibility index (Phi) is 5.54. The van der Waals surface area contributed by atoms with E-state index in [1.54, 1.807) is 17.5 Å². The number of piperazine rings is 1. The summed E-state index contributed by atoms with van der Waals surface area (Å²) in [6, 6.07) is 5.85. The standard InChI is InChI=1S/C19H21N5O2S2/c1-3-26-16-11-13(2)21-19(22-16)24-8-6-23(7-9-24)18(25)15-12-20-17(28-15)14-5-4-10-27-14/h4-5,10-12H,3,6-9H2,1-2H3. The third kappa shape index (κ3) is 4.00. The fraction of sp³-hybridized carbons (Fsp3) is 0.368. The van der Waals surface area contributed by atoms with E-state index in [9.17, 15) is 4.79 Å². The van der Waals surface area contributed by atoms with E-state index in [1.165, 1.54) is 11.3 Å². The molecule has 0 saturated carbocycles. The first-order valence-corrected chi connectivity index (χ1v) is 10.9. The second-order valence-corrected chi connectivity index (χ2v) is 8.35. The molecule has 0 N–H and O–H groups in total. The average Bonchev–Trinajstić information content (AvgIpc) is 3.39. The fourth-order valence-electron chi connectivity index (χ4n) is 3.04. The first-order valence-electron chi connectivity index (χ1n) is 9.16. The van der Waals surface area contributed by atoms with Crippen LogP contribution in [-0.4, -0.2) is 58.5 Å². The number of carbonyl (C=O) groups is 1. The molecule has 0 aromatic carbocycles. The number of hydrogen-bond donors (Lipinski definition) is 0. The number of aromatic nitrogens is 3. The summed E-state index contributed by atoms with van der Waals surface area (Å²) in [6.07, 6.45) is 1.69. The van der Waals surface area contributed by atoms with Gasteiger partial charge >= 0.3 is 0 Å². The molecule has 0 radical (unpaired) electrons. The van der Waals surface area contributed by atoms with Crippen molar-refractivity contribution < 1.29 is 9.53 Å². The zero-order valence-electron chi connectivity index (χ0n) is 15.8. The van der Waals surface area contributed by atoms with E-state index in [4.69, 9.17) is 4.74 Å². The van der Waals surface area contributed by atoms with Gasteiger partial charge in [-0.2, -0.15) is 4.98 Å². The minimum Gasteiger partial charge on any atom is -0.478 e. The molecule has 1 aliphatic rings. The molecule has 1 amide bonds. The van der Waals surface area contributed by atoms with Crippen LogP contribution in [0.3, 0.4) is 0 Å². The van der Waals surface area contributed by atoms with Gasteiger partial charge in [0.1, 0.15) is 9.88 Å². The molecule has 1 aliphatic heterocycles. The molecule has 0 unspecified atom stereocenters. The maximum absolute atomic E-state index is 12.8. The van der Waals surface area contributed by atoms with Crippen molar-refractivity contribution >= 4 is 34.5 Å². The van der Waals surface area contributed by atoms with Crippen molar-refractivity contribution in [3.05, 3.63) is 40.3 Å². The van der Waals surface area contributed by atoms with Crippen LogP contribution >= 0.6 is 22.7 Å². The Balaban J connectivity index is 1.41. The lowest BCUT2D eigenvalue weighted by Gasteiger charge is -2.34. The maximum Gasteiger partial charge on any atom is 0.265 e. The SMILES string of the molecule is CCOc1cc(C)nc(N2CCN(C(=O)c3cnc(-c4cccs4)s3)CC2)n1. The lowest BCUT2D eigenvalue weighted by atomic mass is 10.3. The number of nitrogens with zero attached hydrogens (tertiary/aromatic N) is 5. The lowest BCUT2D eigenvalue weighted by Crippen LogP contribution is -2.49. The van der Waals surface area contributed by atoms with E-state index >= 15 is 0 Å². The number of hydrogen-bond acceptors (Lipinski definition) is 8. The molecule has 0 bridgehead atoms. The third-order valence-electron chi connectivity index (χ3n) is 4.41. The second kappa shape index (κ2) is 8.24. The summed E-state index contributed by atoms with van der Waals surface area (Å²) in [7, 11) is 0. The molecule has 3 aromatic rings. The summed E-state index contributed by atoms with van der Waals surface area (Å²) in [5.41, 5.74) is 0.873. The molecule has 3 aromatic heterocycles. The normalized spacial score (nSPS) is 14.4. The van der Waals surface area contributed by atoms with Crippen LogP contribution in [0, 0.1) is 6.92 Å². The predicted octanol–water partition coefficient (Wildman–Crippen LogP) is 3.33. The largest absolute Gasteiger partial charge is 0.478 e. The Bertz CT molecular complexity index is 949. The number of anilines is 1. The van der Waals surface area contributed by atoms with Crippen LogP contribution in [0.15, 0.2) is 29.8 Å². The van der Waals surface area contributed by atoms with Gasteiger partial charge in [-0.1, -0.05) is 6.07 Å². The highest BCUT2D eigenvalue weighted by Gasteiger charge is 2.25. The van der Waals surface area contributed by atoms with Gasteiger partial charge in [-0.05, 0) is 25.3 Å². The second-order valence-electron chi connectivity index (χ2n) is 6.37. The van der Waals surface area contributed by atoms with E-state index in [1.807, 2.05) is 42.3 Å². The quantitative estimate of drug-likeness (QED) is 0.637. The molecule has 9 heteroatoms. The van der Waals surface area contributed by atoms with Gasteiger partial charge in [0.25, 0.3) is 5.91 Å². The van der Waals surface area contributed by atoms with Crippen LogP contribution in [0.5, 0.6) is 5.88 Å². The molecule has 146 valence electrons. The molecule has 0 spiro atoms. The Morgan fingerprint density at radius 1 is 1.25 bits per heavy atom. The summed E-state index contributed by atoms with van der Waals surface area (Å²) in [6.45, 7) is 7.08. The molecule has 28 heavy (non-hydrogen) atoms. The van der Waals surface area contributed by atoms with Crippen molar-refractivity contribution in [2.24, 2.45) is 0 Å². The van der Waals surface area contributed by atoms with Gasteiger partial charge in [-0.15, -0.1) is 22.7 Å². The van der Waals surface area contributed by atoms with Crippen molar-refractivity contribution in [3.63, 3.8) is 0 Å². The van der Waals surface area contributed by atoms with E-state index in [-0.39, 0.29) is 5.91 Å². The number of amides is 1. The van der Waals surface area contributed by atoms with Crippen molar-refractivity contribution in [2.45, 2.75) is 13.8 Å². The summed E-state index contributed by atoms with van der Waals surface area (Å²) in [4.78, 5) is 32.0. The van der Waals surface area contributed by atoms with Crippen LogP contribution in [0.2, 0.25) is 0 Å². The monoisotopic (exact) mass is 415 g/mol. The molecule has 1 fully saturated rings. The van der Waals surface area contributed by atoms with Crippen molar-refractivity contribution in [1.82, 2.24) is 19.9 Å². The number of thiazole rings is 1. The van der Waals surface area contributed by atoms with Gasteiger partial charge in [0.15, 0.2) is 0 Å². The topological polar surface area (TPSA) is 71.5 Å². The molecule has 7 nitrogen and oxygen atoms in total. The highest BCUT2D eigenvalue weighted by Crippen LogP contribution is 2.29. The lowest BCUT2D eigenvalue weighted by molar-refractivity contribution is 0.0750. The first kappa shape index (κ1) is 18.8. The number of aryl methyl sites for hydroxylation is 1. The van der Waals surface area contributed by atoms with Crippen molar-refractivity contribution in [1.29, 1.82) is 0 Å². The Morgan fingerprint density at radius 3 is 2.79 bits per heavy atom. The first-order chi connectivity index (χ1) is 13.6. The Morgan fingerprint density at radius 2 is 2.07 bits per heavy atom. The number of ether oxygens (including phenoxy) is 1. The van der Waals surface area contributed by atoms with Crippen LogP contribution in [0.1, 0.15) is 22.3 Å². The van der Waals surface area contributed by atoms with Gasteiger partial charge in [-0.3, -0.25) is 4.79 Å². The van der Waals surface area contributed by atoms with Crippen molar-refractivity contribution in [2.75, 3.05) is 37.7 Å². The number of rotatable bonds is 5. The highest BCUT2D eigenvalue weighted by atomic mass is 32.1. The van der Waals surface area contributed by atoms with E-state index in [0.29, 0.717) is 49.5 Å². The summed E-state index contributed by atoms with van der Waals surface area (Å²) >= 11 is 3.08. The number of thiophene rings is 1. The predicted molar refractivity (Wildman–Crippen MR) is 111 cm³/mol. The van der Waals surface area contributed by atoms with Crippen molar-refractivity contribution in [3.8, 4) is 15.8 Å². The van der Waals surface area contributed by atoms with Crippen LogP contribution in [0.4, 0.5) is 5.95 Å². The van der Waals surface area contributed by atoms with Gasteiger partial charge in [0.2, 0.25) is 11.8 Å². The summed E-state index contributed by atoms with van der Waals surface area (Å²) in [5, 5.41) is 2.91. The molecule has 0 atom stereocenters. The van der Waals surface area contributed by atoms with Gasteiger partial charge in [0, 0.05) is 37.9 Å². The zero-order chi connectivity index (χ0) is 19.5. The summed E-state index contributed by atoms with van der Waals surface area (Å²) in [5.74, 6) is 1.29. The van der Waals surface area contributed by atoms with E-state index < -0.39 is 0 Å². The molecule has 4 heterocycles. The van der Waals surface area contributed by atoms with Crippen LogP contribution in [0.25, 0.3) is 9.88 Å². The Labute approximate surface area is 171 Å². The van der Waals surface area contributed by atoms with Gasteiger partial charge in [0.05, 0.1) is 17.7 Å². The fourth-order valence-corrected chi connectivity index (χ4v) is 4.73. The molecular formula is C19H21N5O2S2. The minimum atomic E-state index is 0.0418. The van der Waals surface area contributed by atoms with E-state index in [2.05, 4.69) is 19.9 Å². The molecule has 0 aliphatic carbocycles. The maximum atomic E-state index is 12.8. The Hall–Kier alpha value is -2.52. The van der Waals surface area contributed by atoms with Gasteiger partial charge < -0.3 is 14.5 Å². The number of carbonyl (C=O) groups excluding carboxylic acids is 1. The van der Waals surface area contributed by atoms with Crippen LogP contribution in [-0.2, 0) is 0 Å². The minimum absolute atomic E-state index is 0.0418. The average molecular weight is 416 g/mol.